The van der Waals surface area contributed by atoms with Gasteiger partial charge in [0.15, 0.2) is 0 Å². The lowest BCUT2D eigenvalue weighted by molar-refractivity contribution is -0.215. The number of carboxylic acid groups (broad SMARTS) is 1. The Labute approximate surface area is 139 Å². The minimum absolute atomic E-state index is 0.105. The number of hydrogen-bond acceptors (Lipinski definition) is 2. The molecule has 0 saturated carbocycles. The van der Waals surface area contributed by atoms with E-state index in [4.69, 9.17) is 5.11 Å². The molecular weight excluding hydrogens is 323 g/mol. The molecule has 0 aromatic heterocycles. The highest BCUT2D eigenvalue weighted by Gasteiger charge is 2.48. The van der Waals surface area contributed by atoms with Crippen molar-refractivity contribution in [2.24, 2.45) is 5.41 Å². The molecule has 1 aromatic rings. The summed E-state index contributed by atoms with van der Waals surface area (Å²) in [6.07, 6.45) is -5.10. The summed E-state index contributed by atoms with van der Waals surface area (Å²) in [5.74, 6) is -1.63. The summed E-state index contributed by atoms with van der Waals surface area (Å²) in [6, 6.07) is 8.88. The minimum Gasteiger partial charge on any atom is -0.481 e. The maximum Gasteiger partial charge on any atom is 0.394 e. The van der Waals surface area contributed by atoms with Gasteiger partial charge >= 0.3 is 12.1 Å². The Kier molecular flexibility index (Phi) is 6.81. The van der Waals surface area contributed by atoms with Crippen LogP contribution in [0.4, 0.5) is 13.2 Å². The zero-order chi connectivity index (χ0) is 18.4. The number of aliphatic carboxylic acids is 1. The highest BCUT2D eigenvalue weighted by molar-refractivity contribution is 5.77. The van der Waals surface area contributed by atoms with Gasteiger partial charge in [-0.15, -0.1) is 0 Å². The molecule has 0 unspecified atom stereocenters. The van der Waals surface area contributed by atoms with E-state index in [1.54, 1.807) is 30.3 Å². The Morgan fingerprint density at radius 2 is 1.71 bits per heavy atom. The fourth-order valence-corrected chi connectivity index (χ4v) is 2.11. The Morgan fingerprint density at radius 1 is 1.12 bits per heavy atom. The molecule has 0 fully saturated rings. The predicted octanol–water partition coefficient (Wildman–Crippen LogP) is 3.86. The number of amides is 1. The van der Waals surface area contributed by atoms with Gasteiger partial charge in [0.05, 0.1) is 5.41 Å². The molecule has 0 saturated heterocycles. The second-order valence-electron chi connectivity index (χ2n) is 6.36. The highest BCUT2D eigenvalue weighted by atomic mass is 19.4. The van der Waals surface area contributed by atoms with Crippen molar-refractivity contribution in [3.05, 3.63) is 35.9 Å². The number of rotatable bonds is 8. The smallest absolute Gasteiger partial charge is 0.394 e. The number of hydrogen-bond donors (Lipinski definition) is 1. The minimum atomic E-state index is -4.48. The third kappa shape index (κ3) is 6.22. The first kappa shape index (κ1) is 20.0. The van der Waals surface area contributed by atoms with Crippen LogP contribution in [0, 0.1) is 5.41 Å². The van der Waals surface area contributed by atoms with Crippen LogP contribution in [0.5, 0.6) is 0 Å². The fourth-order valence-electron chi connectivity index (χ4n) is 2.11. The normalized spacial score (nSPS) is 12.0. The average molecular weight is 345 g/mol. The molecule has 0 spiro atoms. The van der Waals surface area contributed by atoms with Gasteiger partial charge < -0.3 is 10.0 Å². The van der Waals surface area contributed by atoms with Gasteiger partial charge in [0.25, 0.3) is 0 Å². The second kappa shape index (κ2) is 8.17. The predicted molar refractivity (Wildman–Crippen MR) is 83.2 cm³/mol. The molecular formula is C17H22F3NO3. The average Bonchev–Trinajstić information content (AvgIpc) is 2.45. The van der Waals surface area contributed by atoms with Crippen LogP contribution in [-0.2, 0) is 16.1 Å². The SMILES string of the molecule is CC(C)(CC(=O)N(CCCC(=O)O)Cc1ccccc1)C(F)(F)F. The van der Waals surface area contributed by atoms with Crippen LogP contribution in [0.3, 0.4) is 0 Å². The summed E-state index contributed by atoms with van der Waals surface area (Å²) in [4.78, 5) is 24.3. The number of nitrogens with zero attached hydrogens (tertiary/aromatic N) is 1. The van der Waals surface area contributed by atoms with Crippen molar-refractivity contribution in [2.45, 2.75) is 45.8 Å². The molecule has 24 heavy (non-hydrogen) atoms. The van der Waals surface area contributed by atoms with E-state index in [0.717, 1.165) is 19.4 Å². The Bertz CT molecular complexity index is 556. The van der Waals surface area contributed by atoms with E-state index in [1.165, 1.54) is 4.90 Å². The molecule has 0 bridgehead atoms. The Morgan fingerprint density at radius 3 is 2.21 bits per heavy atom. The van der Waals surface area contributed by atoms with Crippen molar-refractivity contribution < 1.29 is 27.9 Å². The van der Waals surface area contributed by atoms with Gasteiger partial charge in [-0.2, -0.15) is 13.2 Å². The Hall–Kier alpha value is -2.05. The van der Waals surface area contributed by atoms with Crippen molar-refractivity contribution in [1.82, 2.24) is 4.90 Å². The third-order valence-electron chi connectivity index (χ3n) is 3.75. The lowest BCUT2D eigenvalue weighted by Crippen LogP contribution is -2.40. The lowest BCUT2D eigenvalue weighted by atomic mass is 9.88. The number of carboxylic acids is 1. The first-order valence-corrected chi connectivity index (χ1v) is 7.63. The fraction of sp³-hybridized carbons (Fsp3) is 0.529. The first-order valence-electron chi connectivity index (χ1n) is 7.63. The van der Waals surface area contributed by atoms with Crippen molar-refractivity contribution in [3.63, 3.8) is 0 Å². The van der Waals surface area contributed by atoms with Crippen LogP contribution in [0.15, 0.2) is 30.3 Å². The van der Waals surface area contributed by atoms with Gasteiger partial charge in [0, 0.05) is 25.9 Å². The number of carbonyl (C=O) groups excluding carboxylic acids is 1. The molecule has 1 amide bonds. The van der Waals surface area contributed by atoms with E-state index in [9.17, 15) is 22.8 Å². The monoisotopic (exact) mass is 345 g/mol. The zero-order valence-electron chi connectivity index (χ0n) is 13.8. The van der Waals surface area contributed by atoms with Gasteiger partial charge in [-0.1, -0.05) is 44.2 Å². The molecule has 7 heteroatoms. The molecule has 0 aliphatic rings. The number of benzene rings is 1. The van der Waals surface area contributed by atoms with Crippen molar-refractivity contribution in [2.75, 3.05) is 6.54 Å². The van der Waals surface area contributed by atoms with E-state index in [0.29, 0.717) is 0 Å². The van der Waals surface area contributed by atoms with Gasteiger partial charge in [-0.05, 0) is 12.0 Å². The zero-order valence-corrected chi connectivity index (χ0v) is 13.8. The summed E-state index contributed by atoms with van der Waals surface area (Å²) in [7, 11) is 0. The van der Waals surface area contributed by atoms with E-state index in [2.05, 4.69) is 0 Å². The van der Waals surface area contributed by atoms with Crippen LogP contribution in [0.1, 0.15) is 38.7 Å². The molecule has 0 heterocycles. The quantitative estimate of drug-likeness (QED) is 0.778. The van der Waals surface area contributed by atoms with Crippen LogP contribution in [0.2, 0.25) is 0 Å². The maximum absolute atomic E-state index is 13.0. The summed E-state index contributed by atoms with van der Waals surface area (Å²) in [5.41, 5.74) is -1.35. The molecule has 0 aliphatic carbocycles. The van der Waals surface area contributed by atoms with Crippen molar-refractivity contribution in [3.8, 4) is 0 Å². The van der Waals surface area contributed by atoms with E-state index < -0.39 is 29.9 Å². The van der Waals surface area contributed by atoms with Crippen molar-refractivity contribution >= 4 is 11.9 Å². The van der Waals surface area contributed by atoms with Crippen LogP contribution in [-0.4, -0.2) is 34.6 Å². The first-order chi connectivity index (χ1) is 11.0. The number of halogens is 3. The summed E-state index contributed by atoms with van der Waals surface area (Å²) >= 11 is 0. The van der Waals surface area contributed by atoms with Gasteiger partial charge in [-0.3, -0.25) is 9.59 Å². The summed E-state index contributed by atoms with van der Waals surface area (Å²) in [6.45, 7) is 2.24. The van der Waals surface area contributed by atoms with Crippen LogP contribution >= 0.6 is 0 Å². The van der Waals surface area contributed by atoms with Gasteiger partial charge in [-0.25, -0.2) is 0 Å². The topological polar surface area (TPSA) is 57.6 Å². The highest BCUT2D eigenvalue weighted by Crippen LogP contribution is 2.40. The largest absolute Gasteiger partial charge is 0.481 e. The second-order valence-corrected chi connectivity index (χ2v) is 6.36. The molecule has 4 nitrogen and oxygen atoms in total. The standard InChI is InChI=1S/C17H22F3NO3/c1-16(2,17(18,19)20)11-14(22)21(10-6-9-15(23)24)12-13-7-4-3-5-8-13/h3-5,7-8H,6,9-12H2,1-2H3,(H,23,24). The molecule has 0 radical (unpaired) electrons. The van der Waals surface area contributed by atoms with E-state index in [-0.39, 0.29) is 25.9 Å². The lowest BCUT2D eigenvalue weighted by Gasteiger charge is -2.30. The molecule has 134 valence electrons. The third-order valence-corrected chi connectivity index (χ3v) is 3.75. The number of alkyl halides is 3. The van der Waals surface area contributed by atoms with E-state index >= 15 is 0 Å². The van der Waals surface area contributed by atoms with Gasteiger partial charge in [0.2, 0.25) is 5.91 Å². The molecule has 1 aromatic carbocycles. The van der Waals surface area contributed by atoms with Crippen LogP contribution in [0.25, 0.3) is 0 Å². The molecule has 0 atom stereocenters. The molecule has 1 N–H and O–H groups in total. The molecule has 1 rings (SSSR count). The van der Waals surface area contributed by atoms with Crippen LogP contribution < -0.4 is 0 Å². The van der Waals surface area contributed by atoms with Gasteiger partial charge in [0.1, 0.15) is 0 Å². The maximum atomic E-state index is 13.0. The van der Waals surface area contributed by atoms with Crippen molar-refractivity contribution in [1.29, 1.82) is 0 Å². The number of carbonyl (C=O) groups is 2. The summed E-state index contributed by atoms with van der Waals surface area (Å²) in [5, 5.41) is 8.70. The Balaban J connectivity index is 2.82. The van der Waals surface area contributed by atoms with E-state index in [1.807, 2.05) is 0 Å². The summed E-state index contributed by atoms with van der Waals surface area (Å²) < 4.78 is 39.0. The molecule has 0 aliphatic heterocycles.